The Kier molecular flexibility index (Phi) is 2.66. The number of aromatic nitrogens is 1. The third-order valence-corrected chi connectivity index (χ3v) is 4.35. The van der Waals surface area contributed by atoms with Crippen LogP contribution in [0, 0.1) is 0 Å². The Labute approximate surface area is 112 Å². The highest BCUT2D eigenvalue weighted by molar-refractivity contribution is 5.88. The van der Waals surface area contributed by atoms with Gasteiger partial charge in [-0.25, -0.2) is 0 Å². The summed E-state index contributed by atoms with van der Waals surface area (Å²) in [5, 5.41) is 10.6. The van der Waals surface area contributed by atoms with Gasteiger partial charge in [-0.2, -0.15) is 0 Å². The highest BCUT2D eigenvalue weighted by Crippen LogP contribution is 2.33. The summed E-state index contributed by atoms with van der Waals surface area (Å²) in [6, 6.07) is 6.01. The molecule has 1 aliphatic rings. The summed E-state index contributed by atoms with van der Waals surface area (Å²) in [4.78, 5) is 14.9. The number of carboxylic acid groups (broad SMARTS) is 1. The van der Waals surface area contributed by atoms with Crippen molar-refractivity contribution in [3.8, 4) is 0 Å². The van der Waals surface area contributed by atoms with Crippen LogP contribution in [0.3, 0.4) is 0 Å². The van der Waals surface area contributed by atoms with Crippen molar-refractivity contribution in [3.05, 3.63) is 35.0 Å². The summed E-state index contributed by atoms with van der Waals surface area (Å²) >= 11 is 0. The van der Waals surface area contributed by atoms with Crippen LogP contribution in [0.25, 0.3) is 10.9 Å². The van der Waals surface area contributed by atoms with E-state index in [1.54, 1.807) is 13.8 Å². The summed E-state index contributed by atoms with van der Waals surface area (Å²) in [7, 11) is 0. The summed E-state index contributed by atoms with van der Waals surface area (Å²) < 4.78 is 0. The minimum atomic E-state index is -0.840. The molecule has 1 aromatic heterocycles. The van der Waals surface area contributed by atoms with Gasteiger partial charge in [-0.15, -0.1) is 0 Å². The second-order valence-electron chi connectivity index (χ2n) is 5.98. The van der Waals surface area contributed by atoms with Crippen LogP contribution >= 0.6 is 0 Å². The molecule has 1 heterocycles. The molecule has 3 nitrogen and oxygen atoms in total. The number of aliphatic carboxylic acids is 1. The van der Waals surface area contributed by atoms with E-state index in [4.69, 9.17) is 0 Å². The maximum absolute atomic E-state index is 11.4. The number of carboxylic acids is 1. The van der Waals surface area contributed by atoms with Gasteiger partial charge in [0.1, 0.15) is 0 Å². The molecule has 0 saturated carbocycles. The van der Waals surface area contributed by atoms with E-state index in [1.807, 2.05) is 12.1 Å². The molecule has 0 spiro atoms. The number of aryl methyl sites for hydroxylation is 2. The third-order valence-electron chi connectivity index (χ3n) is 4.35. The standard InChI is InChI=1S/C16H19NO2/c1-16(2,15(18)19)10-7-8-14-12(9-10)11-5-3-4-6-13(11)17-14/h7-9,17H,3-6H2,1-2H3,(H,18,19). The van der Waals surface area contributed by atoms with Crippen LogP contribution in [0.2, 0.25) is 0 Å². The predicted molar refractivity (Wildman–Crippen MR) is 75.6 cm³/mol. The number of carbonyl (C=O) groups is 1. The topological polar surface area (TPSA) is 53.1 Å². The molecule has 0 radical (unpaired) electrons. The molecular formula is C16H19NO2. The normalized spacial score (nSPS) is 15.5. The van der Waals surface area contributed by atoms with Gasteiger partial charge in [-0.05, 0) is 62.8 Å². The minimum Gasteiger partial charge on any atom is -0.481 e. The van der Waals surface area contributed by atoms with E-state index >= 15 is 0 Å². The monoisotopic (exact) mass is 257 g/mol. The second kappa shape index (κ2) is 4.12. The van der Waals surface area contributed by atoms with Crippen molar-refractivity contribution in [2.45, 2.75) is 44.9 Å². The largest absolute Gasteiger partial charge is 0.481 e. The summed E-state index contributed by atoms with van der Waals surface area (Å²) in [5.41, 5.74) is 3.90. The third kappa shape index (κ3) is 1.84. The van der Waals surface area contributed by atoms with E-state index in [0.717, 1.165) is 23.9 Å². The number of benzene rings is 1. The average Bonchev–Trinajstić information content (AvgIpc) is 2.76. The van der Waals surface area contributed by atoms with E-state index in [1.165, 1.54) is 29.5 Å². The molecular weight excluding hydrogens is 238 g/mol. The van der Waals surface area contributed by atoms with Gasteiger partial charge in [0, 0.05) is 16.6 Å². The molecule has 100 valence electrons. The van der Waals surface area contributed by atoms with Gasteiger partial charge in [0.05, 0.1) is 5.41 Å². The van der Waals surface area contributed by atoms with Gasteiger partial charge in [-0.3, -0.25) is 4.79 Å². The molecule has 2 N–H and O–H groups in total. The number of rotatable bonds is 2. The van der Waals surface area contributed by atoms with Crippen molar-refractivity contribution in [2.24, 2.45) is 0 Å². The Morgan fingerprint density at radius 1 is 1.26 bits per heavy atom. The summed E-state index contributed by atoms with van der Waals surface area (Å²) in [6.07, 6.45) is 4.69. The molecule has 0 saturated heterocycles. The molecule has 19 heavy (non-hydrogen) atoms. The number of hydrogen-bond donors (Lipinski definition) is 2. The van der Waals surface area contributed by atoms with E-state index in [2.05, 4.69) is 11.1 Å². The lowest BCUT2D eigenvalue weighted by Gasteiger charge is -2.20. The number of aromatic amines is 1. The first-order valence-corrected chi connectivity index (χ1v) is 6.87. The van der Waals surface area contributed by atoms with Gasteiger partial charge in [-0.1, -0.05) is 6.07 Å². The highest BCUT2D eigenvalue weighted by atomic mass is 16.4. The number of hydrogen-bond acceptors (Lipinski definition) is 1. The lowest BCUT2D eigenvalue weighted by Crippen LogP contribution is -2.28. The SMILES string of the molecule is CC(C)(C(=O)O)c1ccc2[nH]c3c(c2c1)CCCC3. The smallest absolute Gasteiger partial charge is 0.313 e. The van der Waals surface area contributed by atoms with Gasteiger partial charge >= 0.3 is 5.97 Å². The first-order chi connectivity index (χ1) is 9.00. The minimum absolute atomic E-state index is 0.781. The zero-order valence-electron chi connectivity index (χ0n) is 11.4. The Morgan fingerprint density at radius 2 is 2.00 bits per heavy atom. The van der Waals surface area contributed by atoms with E-state index in [-0.39, 0.29) is 0 Å². The average molecular weight is 257 g/mol. The summed E-state index contributed by atoms with van der Waals surface area (Å²) in [5.74, 6) is -0.781. The molecule has 0 fully saturated rings. The molecule has 1 aliphatic carbocycles. The molecule has 3 heteroatoms. The Balaban J connectivity index is 2.17. The van der Waals surface area contributed by atoms with Crippen molar-refractivity contribution in [3.63, 3.8) is 0 Å². The van der Waals surface area contributed by atoms with Crippen molar-refractivity contribution >= 4 is 16.9 Å². The van der Waals surface area contributed by atoms with Crippen LogP contribution in [0.15, 0.2) is 18.2 Å². The summed E-state index contributed by atoms with van der Waals surface area (Å²) in [6.45, 7) is 3.52. The van der Waals surface area contributed by atoms with Crippen LogP contribution in [0.1, 0.15) is 43.5 Å². The first-order valence-electron chi connectivity index (χ1n) is 6.87. The quantitative estimate of drug-likeness (QED) is 0.866. The van der Waals surface area contributed by atoms with Crippen molar-refractivity contribution in [1.82, 2.24) is 4.98 Å². The molecule has 2 aromatic rings. The number of fused-ring (bicyclic) bond motifs is 3. The molecule has 0 aliphatic heterocycles. The molecule has 0 amide bonds. The zero-order valence-corrected chi connectivity index (χ0v) is 11.4. The van der Waals surface area contributed by atoms with Crippen LogP contribution in [-0.2, 0) is 23.1 Å². The molecule has 0 unspecified atom stereocenters. The predicted octanol–water partition coefficient (Wildman–Crippen LogP) is 3.41. The van der Waals surface area contributed by atoms with E-state index < -0.39 is 11.4 Å². The van der Waals surface area contributed by atoms with E-state index in [0.29, 0.717) is 0 Å². The Hall–Kier alpha value is -1.77. The maximum atomic E-state index is 11.4. The number of nitrogens with one attached hydrogen (secondary N) is 1. The van der Waals surface area contributed by atoms with Gasteiger partial charge in [0.25, 0.3) is 0 Å². The van der Waals surface area contributed by atoms with E-state index in [9.17, 15) is 9.90 Å². The lowest BCUT2D eigenvalue weighted by atomic mass is 9.83. The molecule has 3 rings (SSSR count). The van der Waals surface area contributed by atoms with Gasteiger partial charge < -0.3 is 10.1 Å². The highest BCUT2D eigenvalue weighted by Gasteiger charge is 2.30. The van der Waals surface area contributed by atoms with Gasteiger partial charge in [0.2, 0.25) is 0 Å². The Bertz CT molecular complexity index is 652. The lowest BCUT2D eigenvalue weighted by molar-refractivity contribution is -0.142. The van der Waals surface area contributed by atoms with Crippen LogP contribution in [0.4, 0.5) is 0 Å². The van der Waals surface area contributed by atoms with Crippen molar-refractivity contribution < 1.29 is 9.90 Å². The second-order valence-corrected chi connectivity index (χ2v) is 5.98. The first kappa shape index (κ1) is 12.3. The van der Waals surface area contributed by atoms with Crippen LogP contribution in [-0.4, -0.2) is 16.1 Å². The number of H-pyrrole nitrogens is 1. The zero-order chi connectivity index (χ0) is 13.6. The molecule has 0 atom stereocenters. The fourth-order valence-electron chi connectivity index (χ4n) is 2.92. The Morgan fingerprint density at radius 3 is 2.74 bits per heavy atom. The van der Waals surface area contributed by atoms with Crippen molar-refractivity contribution in [1.29, 1.82) is 0 Å². The van der Waals surface area contributed by atoms with Crippen LogP contribution < -0.4 is 0 Å². The molecule has 0 bridgehead atoms. The molecule has 1 aromatic carbocycles. The van der Waals surface area contributed by atoms with Gasteiger partial charge in [0.15, 0.2) is 0 Å². The van der Waals surface area contributed by atoms with Crippen LogP contribution in [0.5, 0.6) is 0 Å². The maximum Gasteiger partial charge on any atom is 0.313 e. The fourth-order valence-corrected chi connectivity index (χ4v) is 2.92. The van der Waals surface area contributed by atoms with Crippen molar-refractivity contribution in [2.75, 3.05) is 0 Å². The fraction of sp³-hybridized carbons (Fsp3) is 0.438.